The average molecular weight is 190 g/mol. The molecule has 0 rings (SSSR count). The van der Waals surface area contributed by atoms with Gasteiger partial charge >= 0.3 is 0 Å². The van der Waals surface area contributed by atoms with Gasteiger partial charge in [0.15, 0.2) is 0 Å². The topological polar surface area (TPSA) is 0 Å². The summed E-state index contributed by atoms with van der Waals surface area (Å²) in [5.74, 6) is 2.62. The van der Waals surface area contributed by atoms with Crippen LogP contribution in [-0.4, -0.2) is 0 Å². The van der Waals surface area contributed by atoms with E-state index in [1.54, 1.807) is 0 Å². The summed E-state index contributed by atoms with van der Waals surface area (Å²) in [6.07, 6.45) is 12.9. The van der Waals surface area contributed by atoms with Gasteiger partial charge in [0.2, 0.25) is 0 Å². The van der Waals surface area contributed by atoms with E-state index in [0.29, 0.717) is 0 Å². The lowest BCUT2D eigenvalue weighted by molar-refractivity contribution is 1.00. The van der Waals surface area contributed by atoms with Gasteiger partial charge in [-0.2, -0.15) is 0 Å². The minimum atomic E-state index is 0.823. The van der Waals surface area contributed by atoms with Crippen LogP contribution < -0.4 is 0 Å². The van der Waals surface area contributed by atoms with Crippen LogP contribution in [0.5, 0.6) is 0 Å². The molecule has 0 aliphatic heterocycles. The van der Waals surface area contributed by atoms with Crippen LogP contribution in [-0.2, 0) is 0 Å². The van der Waals surface area contributed by atoms with Crippen molar-refractivity contribution in [1.29, 1.82) is 0 Å². The van der Waals surface area contributed by atoms with Crippen molar-refractivity contribution in [2.45, 2.75) is 40.5 Å². The van der Waals surface area contributed by atoms with E-state index in [0.717, 1.165) is 12.8 Å². The fourth-order valence-electron chi connectivity index (χ4n) is 0.694. The number of allylic oxidation sites excluding steroid dienone is 5. The molecule has 0 aliphatic carbocycles. The molecule has 0 aromatic carbocycles. The van der Waals surface area contributed by atoms with Crippen molar-refractivity contribution in [1.82, 2.24) is 0 Å². The van der Waals surface area contributed by atoms with Crippen molar-refractivity contribution >= 4 is 0 Å². The van der Waals surface area contributed by atoms with Crippen molar-refractivity contribution in [3.05, 3.63) is 36.0 Å². The molecule has 0 aliphatic rings. The van der Waals surface area contributed by atoms with Gasteiger partial charge in [0.1, 0.15) is 0 Å². The Balaban J connectivity index is 0. The SMILES string of the molecule is C#CCC/C(C)=C/C=C(/C)C=C.CC. The lowest BCUT2D eigenvalue weighted by Crippen LogP contribution is -1.75. The summed E-state index contributed by atoms with van der Waals surface area (Å²) in [5, 5.41) is 0. The second-order valence-corrected chi connectivity index (χ2v) is 2.83. The van der Waals surface area contributed by atoms with Crippen LogP contribution in [0.2, 0.25) is 0 Å². The van der Waals surface area contributed by atoms with E-state index < -0.39 is 0 Å². The Hall–Kier alpha value is -1.22. The lowest BCUT2D eigenvalue weighted by Gasteiger charge is -1.94. The molecule has 0 heteroatoms. The van der Waals surface area contributed by atoms with Crippen LogP contribution >= 0.6 is 0 Å². The molecule has 0 nitrogen and oxygen atoms in total. The van der Waals surface area contributed by atoms with Crippen molar-refractivity contribution in [2.75, 3.05) is 0 Å². The molecule has 0 spiro atoms. The molecule has 14 heavy (non-hydrogen) atoms. The third-order valence-corrected chi connectivity index (χ3v) is 1.62. The van der Waals surface area contributed by atoms with Crippen molar-refractivity contribution in [3.8, 4) is 12.3 Å². The summed E-state index contributed by atoms with van der Waals surface area (Å²) in [7, 11) is 0. The first-order valence-corrected chi connectivity index (χ1v) is 5.10. The Morgan fingerprint density at radius 2 is 1.86 bits per heavy atom. The summed E-state index contributed by atoms with van der Waals surface area (Å²) in [6, 6.07) is 0. The molecule has 0 saturated carbocycles. The molecule has 0 fully saturated rings. The van der Waals surface area contributed by atoms with E-state index in [2.05, 4.69) is 31.6 Å². The molecular weight excluding hydrogens is 168 g/mol. The van der Waals surface area contributed by atoms with E-state index >= 15 is 0 Å². The lowest BCUT2D eigenvalue weighted by atomic mass is 10.1. The minimum Gasteiger partial charge on any atom is -0.120 e. The van der Waals surface area contributed by atoms with Gasteiger partial charge in [0, 0.05) is 6.42 Å². The fourth-order valence-corrected chi connectivity index (χ4v) is 0.694. The van der Waals surface area contributed by atoms with Gasteiger partial charge in [-0.25, -0.2) is 0 Å². The Labute approximate surface area is 89.4 Å². The predicted molar refractivity (Wildman–Crippen MR) is 67.1 cm³/mol. The zero-order valence-corrected chi connectivity index (χ0v) is 9.93. The zero-order valence-electron chi connectivity index (χ0n) is 9.93. The zero-order chi connectivity index (χ0) is 11.4. The molecule has 0 atom stereocenters. The average Bonchev–Trinajstić information content (AvgIpc) is 2.25. The number of rotatable bonds is 4. The number of terminal acetylenes is 1. The summed E-state index contributed by atoms with van der Waals surface area (Å²) >= 11 is 0. The third kappa shape index (κ3) is 10.8. The van der Waals surface area contributed by atoms with E-state index in [9.17, 15) is 0 Å². The van der Waals surface area contributed by atoms with Crippen LogP contribution in [0.4, 0.5) is 0 Å². The van der Waals surface area contributed by atoms with Crippen LogP contribution in [0.25, 0.3) is 0 Å². The molecule has 0 heterocycles. The second-order valence-electron chi connectivity index (χ2n) is 2.83. The molecule has 0 radical (unpaired) electrons. The molecule has 0 aromatic rings. The summed E-state index contributed by atoms with van der Waals surface area (Å²) in [4.78, 5) is 0. The smallest absolute Gasteiger partial charge is 0.0123 e. The molecule has 0 amide bonds. The molecule has 78 valence electrons. The third-order valence-electron chi connectivity index (χ3n) is 1.62. The summed E-state index contributed by atoms with van der Waals surface area (Å²) < 4.78 is 0. The molecular formula is C14H22. The van der Waals surface area contributed by atoms with E-state index in [4.69, 9.17) is 6.42 Å². The van der Waals surface area contributed by atoms with E-state index in [1.807, 2.05) is 26.8 Å². The quantitative estimate of drug-likeness (QED) is 0.452. The maximum Gasteiger partial charge on any atom is 0.0123 e. The van der Waals surface area contributed by atoms with Crippen molar-refractivity contribution < 1.29 is 0 Å². The number of hydrogen-bond acceptors (Lipinski definition) is 0. The van der Waals surface area contributed by atoms with Gasteiger partial charge in [0.25, 0.3) is 0 Å². The summed E-state index contributed by atoms with van der Waals surface area (Å²) in [5.41, 5.74) is 2.49. The highest BCUT2D eigenvalue weighted by Gasteiger charge is 1.85. The van der Waals surface area contributed by atoms with Crippen molar-refractivity contribution in [3.63, 3.8) is 0 Å². The van der Waals surface area contributed by atoms with Gasteiger partial charge in [-0.3, -0.25) is 0 Å². The molecule has 0 aromatic heterocycles. The second kappa shape index (κ2) is 11.8. The van der Waals surface area contributed by atoms with E-state index in [1.165, 1.54) is 11.1 Å². The molecule has 0 unspecified atom stereocenters. The largest absolute Gasteiger partial charge is 0.120 e. The Morgan fingerprint density at radius 3 is 2.29 bits per heavy atom. The number of hydrogen-bond donors (Lipinski definition) is 0. The normalized spacial score (nSPS) is 11.1. The maximum atomic E-state index is 5.15. The molecule has 0 bridgehead atoms. The highest BCUT2D eigenvalue weighted by Crippen LogP contribution is 2.04. The van der Waals surface area contributed by atoms with Crippen LogP contribution in [0.15, 0.2) is 36.0 Å². The van der Waals surface area contributed by atoms with Gasteiger partial charge in [-0.1, -0.05) is 49.8 Å². The monoisotopic (exact) mass is 190 g/mol. The van der Waals surface area contributed by atoms with Crippen LogP contribution in [0.3, 0.4) is 0 Å². The summed E-state index contributed by atoms with van der Waals surface area (Å²) in [6.45, 7) is 11.8. The predicted octanol–water partition coefficient (Wildman–Crippen LogP) is 4.50. The first-order valence-electron chi connectivity index (χ1n) is 5.10. The minimum absolute atomic E-state index is 0.823. The van der Waals surface area contributed by atoms with Gasteiger partial charge < -0.3 is 0 Å². The Bertz CT molecular complexity index is 233. The van der Waals surface area contributed by atoms with Gasteiger partial charge in [0.05, 0.1) is 0 Å². The standard InChI is InChI=1S/C12H16.C2H6/c1-5-7-8-12(4)10-9-11(3)6-2;1-2/h1,6,9-10H,2,7-8H2,3-4H3;1-2H3/b11-9-,12-10+;. The van der Waals surface area contributed by atoms with Crippen molar-refractivity contribution in [2.24, 2.45) is 0 Å². The van der Waals surface area contributed by atoms with Gasteiger partial charge in [-0.15, -0.1) is 12.3 Å². The highest BCUT2D eigenvalue weighted by atomic mass is 13.9. The van der Waals surface area contributed by atoms with Gasteiger partial charge in [-0.05, 0) is 20.3 Å². The first kappa shape index (κ1) is 15.3. The van der Waals surface area contributed by atoms with Crippen LogP contribution in [0, 0.1) is 12.3 Å². The maximum absolute atomic E-state index is 5.15. The van der Waals surface area contributed by atoms with E-state index in [-0.39, 0.29) is 0 Å². The van der Waals surface area contributed by atoms with Crippen LogP contribution in [0.1, 0.15) is 40.5 Å². The highest BCUT2D eigenvalue weighted by molar-refractivity contribution is 5.22. The Morgan fingerprint density at radius 1 is 1.29 bits per heavy atom. The fraction of sp³-hybridized carbons (Fsp3) is 0.429. The Kier molecular flexibility index (Phi) is 12.8. The molecule has 0 N–H and O–H groups in total. The molecule has 0 saturated heterocycles. The first-order chi connectivity index (χ1) is 6.70.